The van der Waals surface area contributed by atoms with E-state index in [0.29, 0.717) is 18.4 Å². The van der Waals surface area contributed by atoms with E-state index >= 15 is 0 Å². The maximum atomic E-state index is 14.3. The molecular weight excluding hydrogens is 807 g/mol. The molecule has 344 valence electrons. The average Bonchev–Trinajstić information content (AvgIpc) is 3.17. The lowest BCUT2D eigenvalue weighted by molar-refractivity contribution is -0.141. The number of aryl methyl sites for hydroxylation is 1. The summed E-state index contributed by atoms with van der Waals surface area (Å²) in [6.45, 7) is 13.8. The first kappa shape index (κ1) is 53.9. The van der Waals surface area contributed by atoms with Gasteiger partial charge in [0.15, 0.2) is 0 Å². The van der Waals surface area contributed by atoms with Gasteiger partial charge in [-0.25, -0.2) is 0 Å². The minimum atomic E-state index is -1.64. The molecule has 0 saturated carbocycles. The second-order valence-corrected chi connectivity index (χ2v) is 16.6. The molecule has 0 aliphatic rings. The van der Waals surface area contributed by atoms with Gasteiger partial charge < -0.3 is 47.8 Å². The first-order valence-electron chi connectivity index (χ1n) is 20.7. The Balaban J connectivity index is 3.59. The summed E-state index contributed by atoms with van der Waals surface area (Å²) in [7, 11) is 0. The van der Waals surface area contributed by atoms with Crippen molar-refractivity contribution in [1.29, 1.82) is 0 Å². The number of aliphatic carboxylic acids is 2. The minimum absolute atomic E-state index is 0.107. The SMILES string of the molecule is CC=CCC(=O)N[C@@H](CC(=O)O)C(=O)N[C@@H](CCC(=O)O)C(=O)N[C@@H](Cc1ccccc1C)C(=O)N[C@H](C(=O)N[C@@H](CC(C)C)C(=O)N[C@@H](CCCC)C(=O)C(N)=O)C(C)(C)C. The highest BCUT2D eigenvalue weighted by Gasteiger charge is 2.39. The lowest BCUT2D eigenvalue weighted by atomic mass is 9.85. The number of primary amides is 1. The number of carboxylic acids is 2. The van der Waals surface area contributed by atoms with Crippen LogP contribution in [0, 0.1) is 18.3 Å². The van der Waals surface area contributed by atoms with Crippen LogP contribution in [0.5, 0.6) is 0 Å². The minimum Gasteiger partial charge on any atom is -0.481 e. The van der Waals surface area contributed by atoms with Gasteiger partial charge in [0, 0.05) is 19.3 Å². The summed E-state index contributed by atoms with van der Waals surface area (Å²) in [6, 6.07) is -1.56. The molecule has 0 spiro atoms. The number of allylic oxidation sites excluding steroid dienone is 1. The van der Waals surface area contributed by atoms with Crippen molar-refractivity contribution in [3.8, 4) is 0 Å². The maximum Gasteiger partial charge on any atom is 0.305 e. The summed E-state index contributed by atoms with van der Waals surface area (Å²) in [5, 5.41) is 34.0. The highest BCUT2D eigenvalue weighted by molar-refractivity contribution is 6.37. The molecule has 0 radical (unpaired) electrons. The van der Waals surface area contributed by atoms with Gasteiger partial charge in [0.2, 0.25) is 41.2 Å². The number of unbranched alkanes of at least 4 members (excludes halogenated alkanes) is 1. The second-order valence-electron chi connectivity index (χ2n) is 16.6. The fourth-order valence-corrected chi connectivity index (χ4v) is 6.21. The Hall–Kier alpha value is -6.14. The molecule has 0 bridgehead atoms. The molecule has 0 aliphatic heterocycles. The van der Waals surface area contributed by atoms with Gasteiger partial charge >= 0.3 is 11.9 Å². The van der Waals surface area contributed by atoms with E-state index in [2.05, 4.69) is 31.9 Å². The number of hydrogen-bond acceptors (Lipinski definition) is 10. The topological polar surface area (TPSA) is 309 Å². The van der Waals surface area contributed by atoms with Crippen LogP contribution >= 0.6 is 0 Å². The molecule has 1 rings (SSSR count). The molecule has 0 fully saturated rings. The first-order valence-corrected chi connectivity index (χ1v) is 20.7. The van der Waals surface area contributed by atoms with Crippen LogP contribution in [0.4, 0.5) is 0 Å². The largest absolute Gasteiger partial charge is 0.481 e. The lowest BCUT2D eigenvalue weighted by Gasteiger charge is -2.34. The van der Waals surface area contributed by atoms with Crippen molar-refractivity contribution in [1.82, 2.24) is 31.9 Å². The summed E-state index contributed by atoms with van der Waals surface area (Å²) in [5.74, 6) is -10.3. The zero-order chi connectivity index (χ0) is 47.3. The summed E-state index contributed by atoms with van der Waals surface area (Å²) in [4.78, 5) is 129. The fourth-order valence-electron chi connectivity index (χ4n) is 6.21. The van der Waals surface area contributed by atoms with E-state index in [-0.39, 0.29) is 31.6 Å². The standard InChI is InChI=1S/C43H65N7O12/c1-9-11-17-27(35(56)37(44)57)46-39(59)29(21-24(3)4)49-42(62)36(43(6,7)8)50-41(61)30(22-26-16-14-13-15-25(26)5)48-38(58)28(19-20-33(52)53)47-40(60)31(23-34(54)55)45-32(51)18-12-10-2/h10,12-16,24,27-31,36H,9,11,17-23H2,1-8H3,(H2,44,57)(H,45,51)(H,46,59)(H,47,60)(H,48,58)(H,49,62)(H,50,61)(H,52,53)(H,54,55)/t27-,28-,29-,30-,31-,36+/m0/s1. The molecule has 0 aromatic heterocycles. The summed E-state index contributed by atoms with van der Waals surface area (Å²) < 4.78 is 0. The van der Waals surface area contributed by atoms with Gasteiger partial charge in [-0.2, -0.15) is 0 Å². The molecule has 1 aromatic rings. The van der Waals surface area contributed by atoms with E-state index in [1.165, 1.54) is 6.08 Å². The van der Waals surface area contributed by atoms with Crippen LogP contribution in [0.25, 0.3) is 0 Å². The molecule has 19 nitrogen and oxygen atoms in total. The van der Waals surface area contributed by atoms with Gasteiger partial charge in [0.05, 0.1) is 12.5 Å². The zero-order valence-electron chi connectivity index (χ0n) is 36.9. The van der Waals surface area contributed by atoms with Crippen molar-refractivity contribution in [2.45, 2.75) is 149 Å². The number of amides is 7. The van der Waals surface area contributed by atoms with Crippen molar-refractivity contribution >= 4 is 59.1 Å². The molecule has 19 heteroatoms. The number of nitrogens with two attached hydrogens (primary N) is 1. The van der Waals surface area contributed by atoms with Crippen molar-refractivity contribution < 1.29 is 58.2 Å². The molecule has 62 heavy (non-hydrogen) atoms. The molecular formula is C43H65N7O12. The average molecular weight is 872 g/mol. The van der Waals surface area contributed by atoms with E-state index in [4.69, 9.17) is 5.73 Å². The summed E-state index contributed by atoms with van der Waals surface area (Å²) >= 11 is 0. The van der Waals surface area contributed by atoms with Crippen LogP contribution in [0.3, 0.4) is 0 Å². The number of carbonyl (C=O) groups is 10. The summed E-state index contributed by atoms with van der Waals surface area (Å²) in [5.41, 5.74) is 5.56. The highest BCUT2D eigenvalue weighted by atomic mass is 16.4. The predicted molar refractivity (Wildman–Crippen MR) is 228 cm³/mol. The van der Waals surface area contributed by atoms with Gasteiger partial charge in [-0.3, -0.25) is 47.9 Å². The number of benzene rings is 1. The maximum absolute atomic E-state index is 14.3. The van der Waals surface area contributed by atoms with Gasteiger partial charge in [0.25, 0.3) is 5.91 Å². The van der Waals surface area contributed by atoms with Crippen LogP contribution in [-0.4, -0.2) is 106 Å². The van der Waals surface area contributed by atoms with Gasteiger partial charge in [-0.1, -0.05) is 90.8 Å². The van der Waals surface area contributed by atoms with Crippen molar-refractivity contribution in [2.24, 2.45) is 17.1 Å². The molecule has 0 aliphatic carbocycles. The lowest BCUT2D eigenvalue weighted by Crippen LogP contribution is -2.62. The van der Waals surface area contributed by atoms with Crippen molar-refractivity contribution in [2.75, 3.05) is 0 Å². The predicted octanol–water partition coefficient (Wildman–Crippen LogP) is 1.09. The normalized spacial score (nSPS) is 14.3. The molecule has 0 saturated heterocycles. The smallest absolute Gasteiger partial charge is 0.305 e. The monoisotopic (exact) mass is 871 g/mol. The van der Waals surface area contributed by atoms with Crippen LogP contribution in [0.15, 0.2) is 36.4 Å². The van der Waals surface area contributed by atoms with Crippen LogP contribution in [0.2, 0.25) is 0 Å². The van der Waals surface area contributed by atoms with E-state index in [0.717, 1.165) is 5.56 Å². The number of rotatable bonds is 27. The van der Waals surface area contributed by atoms with Crippen LogP contribution in [-0.2, 0) is 54.4 Å². The number of Topliss-reactive ketones (excluding diaryl/α,β-unsaturated/α-hetero) is 1. The first-order chi connectivity index (χ1) is 28.9. The number of ketones is 1. The molecule has 10 N–H and O–H groups in total. The van der Waals surface area contributed by atoms with Crippen LogP contribution < -0.4 is 37.6 Å². The number of carbonyl (C=O) groups excluding carboxylic acids is 8. The van der Waals surface area contributed by atoms with Crippen LogP contribution in [0.1, 0.15) is 111 Å². The van der Waals surface area contributed by atoms with Crippen molar-refractivity contribution in [3.63, 3.8) is 0 Å². The Morgan fingerprint density at radius 2 is 1.26 bits per heavy atom. The van der Waals surface area contributed by atoms with Gasteiger partial charge in [0.1, 0.15) is 30.2 Å². The Morgan fingerprint density at radius 3 is 1.79 bits per heavy atom. The Bertz CT molecular complexity index is 1810. The number of carboxylic acid groups (broad SMARTS) is 2. The number of hydrogen-bond donors (Lipinski definition) is 9. The van der Waals surface area contributed by atoms with Crippen molar-refractivity contribution in [3.05, 3.63) is 47.5 Å². The van der Waals surface area contributed by atoms with E-state index in [9.17, 15) is 58.2 Å². The Labute approximate surface area is 362 Å². The highest BCUT2D eigenvalue weighted by Crippen LogP contribution is 2.21. The second kappa shape index (κ2) is 26.3. The number of nitrogens with one attached hydrogen (secondary N) is 6. The zero-order valence-corrected chi connectivity index (χ0v) is 36.9. The third-order valence-corrected chi connectivity index (χ3v) is 9.64. The third-order valence-electron chi connectivity index (χ3n) is 9.64. The van der Waals surface area contributed by atoms with E-state index < -0.39 is 120 Å². The molecule has 7 amide bonds. The molecule has 6 atom stereocenters. The fraction of sp³-hybridized carbons (Fsp3) is 0.581. The Morgan fingerprint density at radius 1 is 0.710 bits per heavy atom. The van der Waals surface area contributed by atoms with E-state index in [1.807, 2.05) is 6.92 Å². The quantitative estimate of drug-likeness (QED) is 0.0444. The molecule has 1 aromatic carbocycles. The van der Waals surface area contributed by atoms with Gasteiger partial charge in [-0.15, -0.1) is 0 Å². The van der Waals surface area contributed by atoms with Gasteiger partial charge in [-0.05, 0) is 55.6 Å². The molecule has 0 unspecified atom stereocenters. The summed E-state index contributed by atoms with van der Waals surface area (Å²) in [6.07, 6.45) is 2.15. The molecule has 0 heterocycles. The Kier molecular flexibility index (Phi) is 22.8. The third kappa shape index (κ3) is 19.5. The van der Waals surface area contributed by atoms with E-state index in [1.54, 1.807) is 78.8 Å².